The SMILES string of the molecule is CCn1cc([N+](=O)[O-])cc1C(=O)Nc1nc(OC)n[nH]1. The monoisotopic (exact) mass is 280 g/mol. The number of nitrogens with one attached hydrogen (secondary N) is 2. The standard InChI is InChI=1S/C10H12N6O4/c1-3-15-5-6(16(18)19)4-7(15)8(17)11-9-12-10(20-2)14-13-9/h4-5H,3H2,1-2H3,(H2,11,12,13,14,17). The Bertz CT molecular complexity index is 646. The molecule has 0 unspecified atom stereocenters. The molecule has 106 valence electrons. The second kappa shape index (κ2) is 5.38. The first kappa shape index (κ1) is 13.5. The van der Waals surface area contributed by atoms with Crippen molar-refractivity contribution in [3.8, 4) is 6.01 Å². The number of aryl methyl sites for hydroxylation is 1. The molecular formula is C10H12N6O4. The predicted molar refractivity (Wildman–Crippen MR) is 67.6 cm³/mol. The van der Waals surface area contributed by atoms with E-state index < -0.39 is 10.8 Å². The molecule has 2 N–H and O–H groups in total. The molecule has 1 amide bonds. The van der Waals surface area contributed by atoms with Gasteiger partial charge in [0.15, 0.2) is 0 Å². The van der Waals surface area contributed by atoms with E-state index in [2.05, 4.69) is 20.5 Å². The largest absolute Gasteiger partial charge is 0.466 e. The molecule has 2 aromatic rings. The first-order chi connectivity index (χ1) is 9.55. The average molecular weight is 280 g/mol. The molecule has 2 rings (SSSR count). The van der Waals surface area contributed by atoms with Crippen LogP contribution < -0.4 is 10.1 Å². The van der Waals surface area contributed by atoms with Crippen molar-refractivity contribution in [2.24, 2.45) is 0 Å². The number of rotatable bonds is 5. The summed E-state index contributed by atoms with van der Waals surface area (Å²) in [7, 11) is 1.39. The summed E-state index contributed by atoms with van der Waals surface area (Å²) in [4.78, 5) is 26.0. The number of H-pyrrole nitrogens is 1. The Labute approximate surface area is 112 Å². The van der Waals surface area contributed by atoms with Gasteiger partial charge < -0.3 is 9.30 Å². The van der Waals surface area contributed by atoms with E-state index in [0.717, 1.165) is 0 Å². The van der Waals surface area contributed by atoms with E-state index in [1.54, 1.807) is 6.92 Å². The fourth-order valence-electron chi connectivity index (χ4n) is 1.61. The Morgan fingerprint density at radius 3 is 2.95 bits per heavy atom. The number of methoxy groups -OCH3 is 1. The minimum Gasteiger partial charge on any atom is -0.466 e. The van der Waals surface area contributed by atoms with Gasteiger partial charge in [0.25, 0.3) is 11.6 Å². The molecule has 0 saturated carbocycles. The first-order valence-electron chi connectivity index (χ1n) is 5.67. The first-order valence-corrected chi connectivity index (χ1v) is 5.67. The van der Waals surface area contributed by atoms with Gasteiger partial charge in [-0.25, -0.2) is 5.10 Å². The zero-order chi connectivity index (χ0) is 14.7. The van der Waals surface area contributed by atoms with E-state index in [1.165, 1.54) is 23.9 Å². The Balaban J connectivity index is 2.22. The molecule has 2 heterocycles. The number of anilines is 1. The quantitative estimate of drug-likeness (QED) is 0.615. The maximum Gasteiger partial charge on any atom is 0.336 e. The van der Waals surface area contributed by atoms with Crippen molar-refractivity contribution in [3.05, 3.63) is 28.1 Å². The van der Waals surface area contributed by atoms with Gasteiger partial charge in [0.2, 0.25) is 5.95 Å². The number of amides is 1. The van der Waals surface area contributed by atoms with E-state index >= 15 is 0 Å². The van der Waals surface area contributed by atoms with Crippen LogP contribution in [0, 0.1) is 10.1 Å². The molecule has 10 heteroatoms. The number of aromatic amines is 1. The second-order valence-electron chi connectivity index (χ2n) is 3.75. The van der Waals surface area contributed by atoms with Crippen LogP contribution in [-0.2, 0) is 6.54 Å². The van der Waals surface area contributed by atoms with Crippen LogP contribution in [0.2, 0.25) is 0 Å². The third-order valence-corrected chi connectivity index (χ3v) is 2.55. The van der Waals surface area contributed by atoms with Crippen molar-refractivity contribution in [2.75, 3.05) is 12.4 Å². The highest BCUT2D eigenvalue weighted by molar-refractivity contribution is 6.02. The van der Waals surface area contributed by atoms with Crippen molar-refractivity contribution in [1.29, 1.82) is 0 Å². The smallest absolute Gasteiger partial charge is 0.336 e. The van der Waals surface area contributed by atoms with Gasteiger partial charge in [0.05, 0.1) is 18.2 Å². The molecule has 0 aliphatic carbocycles. The van der Waals surface area contributed by atoms with Gasteiger partial charge in [-0.2, -0.15) is 4.98 Å². The van der Waals surface area contributed by atoms with Crippen LogP contribution in [0.4, 0.5) is 11.6 Å². The number of hydrogen-bond acceptors (Lipinski definition) is 6. The summed E-state index contributed by atoms with van der Waals surface area (Å²) in [5, 5.41) is 19.3. The molecule has 0 bridgehead atoms. The van der Waals surface area contributed by atoms with Crippen LogP contribution in [0.3, 0.4) is 0 Å². The topological polar surface area (TPSA) is 128 Å². The molecule has 0 aliphatic heterocycles. The number of hydrogen-bond donors (Lipinski definition) is 2. The van der Waals surface area contributed by atoms with Crippen molar-refractivity contribution in [3.63, 3.8) is 0 Å². The third kappa shape index (κ3) is 2.58. The van der Waals surface area contributed by atoms with Crippen molar-refractivity contribution >= 4 is 17.5 Å². The van der Waals surface area contributed by atoms with Crippen LogP contribution in [0.15, 0.2) is 12.3 Å². The molecular weight excluding hydrogens is 268 g/mol. The lowest BCUT2D eigenvalue weighted by Crippen LogP contribution is -2.17. The van der Waals surface area contributed by atoms with Gasteiger partial charge in [-0.1, -0.05) is 0 Å². The third-order valence-electron chi connectivity index (χ3n) is 2.55. The van der Waals surface area contributed by atoms with E-state index in [0.29, 0.717) is 6.54 Å². The normalized spacial score (nSPS) is 10.3. The van der Waals surface area contributed by atoms with Crippen LogP contribution in [0.1, 0.15) is 17.4 Å². The number of nitro groups is 1. The summed E-state index contributed by atoms with van der Waals surface area (Å²) < 4.78 is 6.24. The van der Waals surface area contributed by atoms with Crippen molar-refractivity contribution < 1.29 is 14.5 Å². The Morgan fingerprint density at radius 1 is 1.65 bits per heavy atom. The van der Waals surface area contributed by atoms with Crippen LogP contribution in [0.25, 0.3) is 0 Å². The minimum atomic E-state index is -0.555. The fraction of sp³-hybridized carbons (Fsp3) is 0.300. The predicted octanol–water partition coefficient (Wildman–Crippen LogP) is 0.795. The summed E-state index contributed by atoms with van der Waals surface area (Å²) >= 11 is 0. The van der Waals surface area contributed by atoms with Gasteiger partial charge in [-0.05, 0) is 6.92 Å². The minimum absolute atomic E-state index is 0.0807. The Hall–Kier alpha value is -2.91. The maximum absolute atomic E-state index is 12.0. The number of aromatic nitrogens is 4. The van der Waals surface area contributed by atoms with Gasteiger partial charge >= 0.3 is 6.01 Å². The van der Waals surface area contributed by atoms with Crippen molar-refractivity contribution in [1.82, 2.24) is 19.7 Å². The molecule has 10 nitrogen and oxygen atoms in total. The van der Waals surface area contributed by atoms with Gasteiger partial charge in [-0.15, -0.1) is 5.10 Å². The molecule has 0 aliphatic rings. The highest BCUT2D eigenvalue weighted by Gasteiger charge is 2.19. The molecule has 0 spiro atoms. The van der Waals surface area contributed by atoms with Gasteiger partial charge in [0, 0.05) is 12.6 Å². The van der Waals surface area contributed by atoms with Crippen LogP contribution >= 0.6 is 0 Å². The van der Waals surface area contributed by atoms with E-state index in [-0.39, 0.29) is 23.3 Å². The van der Waals surface area contributed by atoms with Gasteiger partial charge in [-0.3, -0.25) is 20.2 Å². The van der Waals surface area contributed by atoms with Crippen LogP contribution in [-0.4, -0.2) is 37.7 Å². The number of nitrogens with zero attached hydrogens (tertiary/aromatic N) is 4. The van der Waals surface area contributed by atoms with Crippen molar-refractivity contribution in [2.45, 2.75) is 13.5 Å². The number of ether oxygens (including phenoxy) is 1. The average Bonchev–Trinajstić information content (AvgIpc) is 3.04. The number of carbonyl (C=O) groups excluding carboxylic acids is 1. The lowest BCUT2D eigenvalue weighted by Gasteiger charge is -2.04. The lowest BCUT2D eigenvalue weighted by atomic mass is 10.4. The van der Waals surface area contributed by atoms with Crippen LogP contribution in [0.5, 0.6) is 6.01 Å². The summed E-state index contributed by atoms with van der Waals surface area (Å²) in [6, 6.07) is 1.28. The lowest BCUT2D eigenvalue weighted by molar-refractivity contribution is -0.384. The summed E-state index contributed by atoms with van der Waals surface area (Å²) in [6.45, 7) is 2.20. The molecule has 0 radical (unpaired) electrons. The molecule has 0 fully saturated rings. The zero-order valence-corrected chi connectivity index (χ0v) is 10.8. The summed E-state index contributed by atoms with van der Waals surface area (Å²) in [6.07, 6.45) is 1.30. The maximum atomic E-state index is 12.0. The molecule has 0 aromatic carbocycles. The van der Waals surface area contributed by atoms with E-state index in [4.69, 9.17) is 4.74 Å². The molecule has 0 atom stereocenters. The summed E-state index contributed by atoms with van der Waals surface area (Å²) in [5.74, 6) is -0.433. The van der Waals surface area contributed by atoms with Gasteiger partial charge in [0.1, 0.15) is 5.69 Å². The molecule has 0 saturated heterocycles. The number of carbonyl (C=O) groups is 1. The van der Waals surface area contributed by atoms with E-state index in [9.17, 15) is 14.9 Å². The summed E-state index contributed by atoms with van der Waals surface area (Å²) in [5.41, 5.74) is 0.0155. The zero-order valence-electron chi connectivity index (χ0n) is 10.8. The highest BCUT2D eigenvalue weighted by atomic mass is 16.6. The fourth-order valence-corrected chi connectivity index (χ4v) is 1.61. The second-order valence-corrected chi connectivity index (χ2v) is 3.75. The highest BCUT2D eigenvalue weighted by Crippen LogP contribution is 2.17. The van der Waals surface area contributed by atoms with E-state index in [1.807, 2.05) is 0 Å². The molecule has 20 heavy (non-hydrogen) atoms. The molecule has 2 aromatic heterocycles. The Morgan fingerprint density at radius 2 is 2.40 bits per heavy atom. The Kier molecular flexibility index (Phi) is 3.64.